The van der Waals surface area contributed by atoms with E-state index in [1.54, 1.807) is 0 Å². The number of hydrogen-bond donors (Lipinski definition) is 1. The maximum Gasteiger partial charge on any atom is 0.263 e. The number of hydrogen-bond acceptors (Lipinski definition) is 6. The zero-order valence-electron chi connectivity index (χ0n) is 15.9. The van der Waals surface area contributed by atoms with E-state index in [0.29, 0.717) is 6.54 Å². The lowest BCUT2D eigenvalue weighted by atomic mass is 10.1. The third kappa shape index (κ3) is 3.51. The second kappa shape index (κ2) is 7.62. The minimum atomic E-state index is -1.18. The van der Waals surface area contributed by atoms with Gasteiger partial charge in [-0.05, 0) is 24.6 Å². The highest BCUT2D eigenvalue weighted by molar-refractivity contribution is 6.25. The summed E-state index contributed by atoms with van der Waals surface area (Å²) in [6, 6.07) is 8.13. The van der Waals surface area contributed by atoms with Crippen LogP contribution in [0.5, 0.6) is 0 Å². The molecule has 2 heterocycles. The number of aryl methyl sites for hydroxylation is 1. The first-order chi connectivity index (χ1) is 14.3. The van der Waals surface area contributed by atoms with Gasteiger partial charge in [-0.25, -0.2) is 13.7 Å². The molecule has 1 N–H and O–H groups in total. The third-order valence-corrected chi connectivity index (χ3v) is 4.94. The molecule has 0 spiro atoms. The number of carbonyl (C=O) groups excluding carboxylic acids is 3. The first-order valence-corrected chi connectivity index (χ1v) is 9.17. The Labute approximate surface area is 170 Å². The van der Waals surface area contributed by atoms with E-state index in [-0.39, 0.29) is 12.2 Å². The number of rotatable bonds is 5. The Morgan fingerprint density at radius 1 is 1.07 bits per heavy atom. The van der Waals surface area contributed by atoms with Crippen LogP contribution in [0.15, 0.2) is 52.8 Å². The Morgan fingerprint density at radius 2 is 1.80 bits per heavy atom. The highest BCUT2D eigenvalue weighted by Crippen LogP contribution is 2.32. The molecule has 2 aromatic rings. The van der Waals surface area contributed by atoms with Gasteiger partial charge in [0.2, 0.25) is 5.91 Å². The van der Waals surface area contributed by atoms with Crippen molar-refractivity contribution in [1.82, 2.24) is 10.3 Å². The first kappa shape index (κ1) is 19.6. The van der Waals surface area contributed by atoms with Crippen molar-refractivity contribution < 1.29 is 23.2 Å². The fourth-order valence-corrected chi connectivity index (χ4v) is 3.34. The monoisotopic (exact) mass is 413 g/mol. The highest BCUT2D eigenvalue weighted by Gasteiger charge is 2.55. The largest absolute Gasteiger partial charge is 0.350 e. The van der Waals surface area contributed by atoms with Crippen LogP contribution in [0.25, 0.3) is 0 Å². The second-order valence-corrected chi connectivity index (χ2v) is 7.06. The molecule has 1 saturated heterocycles. The van der Waals surface area contributed by atoms with Crippen molar-refractivity contribution in [2.24, 2.45) is 10.3 Å². The fourth-order valence-electron chi connectivity index (χ4n) is 3.34. The zero-order valence-corrected chi connectivity index (χ0v) is 15.9. The molecule has 0 aromatic heterocycles. The molecule has 0 unspecified atom stereocenters. The zero-order chi connectivity index (χ0) is 21.4. The summed E-state index contributed by atoms with van der Waals surface area (Å²) in [7, 11) is 0. The highest BCUT2D eigenvalue weighted by atomic mass is 19.2. The number of carbonyl (C=O) groups is 3. The van der Waals surface area contributed by atoms with E-state index in [0.717, 1.165) is 39.2 Å². The lowest BCUT2D eigenvalue weighted by Gasteiger charge is -2.20. The molecule has 0 saturated carbocycles. The minimum Gasteiger partial charge on any atom is -0.350 e. The molecule has 2 aromatic carbocycles. The average Bonchev–Trinajstić information content (AvgIpc) is 3.23. The van der Waals surface area contributed by atoms with Gasteiger partial charge in [-0.2, -0.15) is 5.11 Å². The molecule has 4 rings (SSSR count). The van der Waals surface area contributed by atoms with Gasteiger partial charge >= 0.3 is 0 Å². The predicted octanol–water partition coefficient (Wildman–Crippen LogP) is 1.88. The van der Waals surface area contributed by atoms with Crippen molar-refractivity contribution in [2.45, 2.75) is 25.6 Å². The number of benzene rings is 2. The molecule has 2 atom stereocenters. The summed E-state index contributed by atoms with van der Waals surface area (Å²) in [5.74, 6) is -4.08. The van der Waals surface area contributed by atoms with Gasteiger partial charge < -0.3 is 5.32 Å². The number of amides is 3. The summed E-state index contributed by atoms with van der Waals surface area (Å²) in [4.78, 5) is 38.4. The Kier molecular flexibility index (Phi) is 4.98. The van der Waals surface area contributed by atoms with Crippen LogP contribution < -0.4 is 10.2 Å². The normalized spacial score (nSPS) is 20.1. The molecule has 0 bridgehead atoms. The summed E-state index contributed by atoms with van der Waals surface area (Å²) < 4.78 is 26.7. The van der Waals surface area contributed by atoms with Crippen molar-refractivity contribution in [1.29, 1.82) is 0 Å². The average molecular weight is 413 g/mol. The predicted molar refractivity (Wildman–Crippen MR) is 101 cm³/mol. The summed E-state index contributed by atoms with van der Waals surface area (Å²) in [6.07, 6.45) is 0. The van der Waals surface area contributed by atoms with Crippen LogP contribution >= 0.6 is 0 Å². The smallest absolute Gasteiger partial charge is 0.263 e. The summed E-state index contributed by atoms with van der Waals surface area (Å²) in [5, 5.41) is 11.4. The second-order valence-electron chi connectivity index (χ2n) is 7.06. The van der Waals surface area contributed by atoms with Crippen molar-refractivity contribution in [2.75, 3.05) is 11.4 Å². The molecule has 3 amide bonds. The first-order valence-electron chi connectivity index (χ1n) is 9.17. The van der Waals surface area contributed by atoms with Gasteiger partial charge in [0.25, 0.3) is 11.8 Å². The molecule has 8 nitrogen and oxygen atoms in total. The summed E-state index contributed by atoms with van der Waals surface area (Å²) >= 11 is 0. The van der Waals surface area contributed by atoms with E-state index >= 15 is 0 Å². The van der Waals surface area contributed by atoms with Crippen LogP contribution in [0.2, 0.25) is 0 Å². The molecule has 30 heavy (non-hydrogen) atoms. The van der Waals surface area contributed by atoms with Crippen LogP contribution in [-0.4, -0.2) is 41.4 Å². The molecular formula is C20H17F2N5O3. The molecule has 154 valence electrons. The van der Waals surface area contributed by atoms with Crippen LogP contribution in [0.1, 0.15) is 11.1 Å². The Hall–Kier alpha value is -3.69. The van der Waals surface area contributed by atoms with E-state index in [1.807, 2.05) is 31.2 Å². The van der Waals surface area contributed by atoms with Gasteiger partial charge in [0.05, 0.1) is 5.69 Å². The standard InChI is InChI=1S/C20H17F2N5O3/c1-11-2-4-12(5-3-11)9-23-16(28)10-26-18-17(24-25-26)19(29)27(20(18)30)13-6-7-14(21)15(22)8-13/h2-8,17-18H,9-10H2,1H3,(H,23,28)/t17-,18-/m0/s1. The molecule has 2 aliphatic rings. The van der Waals surface area contributed by atoms with Crippen LogP contribution in [0, 0.1) is 18.6 Å². The number of imide groups is 1. The van der Waals surface area contributed by atoms with Crippen LogP contribution in [0.3, 0.4) is 0 Å². The van der Waals surface area contributed by atoms with Gasteiger partial charge in [-0.3, -0.25) is 19.4 Å². The number of halogens is 2. The van der Waals surface area contributed by atoms with E-state index < -0.39 is 41.4 Å². The Morgan fingerprint density at radius 3 is 2.50 bits per heavy atom. The number of fused-ring (bicyclic) bond motifs is 1. The number of nitrogens with one attached hydrogen (secondary N) is 1. The minimum absolute atomic E-state index is 0.0997. The Balaban J connectivity index is 1.43. The lowest BCUT2D eigenvalue weighted by Crippen LogP contribution is -2.44. The van der Waals surface area contributed by atoms with Crippen LogP contribution in [-0.2, 0) is 20.9 Å². The fraction of sp³-hybridized carbons (Fsp3) is 0.250. The molecule has 10 heteroatoms. The molecular weight excluding hydrogens is 396 g/mol. The number of nitrogens with zero attached hydrogens (tertiary/aromatic N) is 4. The molecule has 0 radical (unpaired) electrons. The van der Waals surface area contributed by atoms with E-state index in [1.165, 1.54) is 0 Å². The summed E-state index contributed by atoms with van der Waals surface area (Å²) in [6.45, 7) is 1.98. The SMILES string of the molecule is Cc1ccc(CNC(=O)CN2N=N[C@@H]3C(=O)N(c4ccc(F)c(F)c4)C(=O)[C@H]32)cc1. The van der Waals surface area contributed by atoms with Gasteiger partial charge in [0.1, 0.15) is 6.54 Å². The van der Waals surface area contributed by atoms with Crippen molar-refractivity contribution in [3.8, 4) is 0 Å². The van der Waals surface area contributed by atoms with Gasteiger partial charge in [0, 0.05) is 12.6 Å². The van der Waals surface area contributed by atoms with Gasteiger partial charge in [0.15, 0.2) is 23.7 Å². The maximum absolute atomic E-state index is 13.5. The Bertz CT molecular complexity index is 1060. The number of anilines is 1. The molecule has 2 aliphatic heterocycles. The van der Waals surface area contributed by atoms with E-state index in [9.17, 15) is 23.2 Å². The van der Waals surface area contributed by atoms with Crippen LogP contribution in [0.4, 0.5) is 14.5 Å². The van der Waals surface area contributed by atoms with E-state index in [4.69, 9.17) is 0 Å². The van der Waals surface area contributed by atoms with Crippen molar-refractivity contribution in [3.63, 3.8) is 0 Å². The topological polar surface area (TPSA) is 94.4 Å². The third-order valence-electron chi connectivity index (χ3n) is 4.94. The quantitative estimate of drug-likeness (QED) is 0.758. The molecule has 0 aliphatic carbocycles. The van der Waals surface area contributed by atoms with E-state index in [2.05, 4.69) is 15.7 Å². The maximum atomic E-state index is 13.5. The summed E-state index contributed by atoms with van der Waals surface area (Å²) in [5.41, 5.74) is 1.91. The lowest BCUT2D eigenvalue weighted by molar-refractivity contribution is -0.125. The van der Waals surface area contributed by atoms with Crippen molar-refractivity contribution in [3.05, 3.63) is 65.2 Å². The van der Waals surface area contributed by atoms with Gasteiger partial charge in [-0.15, -0.1) is 0 Å². The van der Waals surface area contributed by atoms with Gasteiger partial charge in [-0.1, -0.05) is 35.1 Å². The van der Waals surface area contributed by atoms with Crippen molar-refractivity contribution >= 4 is 23.4 Å². The molecule has 1 fully saturated rings.